The molecular formula is C13H19FN2O. The Balaban J connectivity index is 2.29. The second kappa shape index (κ2) is 5.25. The van der Waals surface area contributed by atoms with Crippen LogP contribution in [0.15, 0.2) is 12.1 Å². The van der Waals surface area contributed by atoms with E-state index in [4.69, 9.17) is 10.5 Å². The van der Waals surface area contributed by atoms with Gasteiger partial charge in [-0.25, -0.2) is 4.39 Å². The molecule has 3 nitrogen and oxygen atoms in total. The van der Waals surface area contributed by atoms with Crippen molar-refractivity contribution in [2.24, 2.45) is 0 Å². The zero-order chi connectivity index (χ0) is 12.3. The minimum atomic E-state index is -0.399. The van der Waals surface area contributed by atoms with Crippen LogP contribution in [0.2, 0.25) is 0 Å². The molecule has 1 fully saturated rings. The summed E-state index contributed by atoms with van der Waals surface area (Å²) in [5.41, 5.74) is 7.27. The number of methoxy groups -OCH3 is 1. The molecule has 1 aromatic carbocycles. The fourth-order valence-corrected chi connectivity index (χ4v) is 2.30. The van der Waals surface area contributed by atoms with E-state index in [0.717, 1.165) is 18.8 Å². The van der Waals surface area contributed by atoms with Crippen LogP contribution in [-0.2, 0) is 0 Å². The molecule has 1 aliphatic rings. The molecule has 0 saturated carbocycles. The largest absolute Gasteiger partial charge is 0.494 e. The summed E-state index contributed by atoms with van der Waals surface area (Å²) < 4.78 is 18.5. The number of hydrogen-bond donors (Lipinski definition) is 1. The van der Waals surface area contributed by atoms with Crippen LogP contribution in [0, 0.1) is 5.82 Å². The molecule has 17 heavy (non-hydrogen) atoms. The third-order valence-electron chi connectivity index (χ3n) is 3.25. The van der Waals surface area contributed by atoms with E-state index in [0.29, 0.717) is 5.69 Å². The highest BCUT2D eigenvalue weighted by molar-refractivity contribution is 5.70. The van der Waals surface area contributed by atoms with Crippen LogP contribution < -0.4 is 15.4 Å². The molecule has 1 heterocycles. The third-order valence-corrected chi connectivity index (χ3v) is 3.25. The van der Waals surface area contributed by atoms with Gasteiger partial charge in [-0.05, 0) is 12.8 Å². The molecule has 1 saturated heterocycles. The quantitative estimate of drug-likeness (QED) is 0.805. The van der Waals surface area contributed by atoms with Gasteiger partial charge in [-0.3, -0.25) is 0 Å². The number of ether oxygens (including phenoxy) is 1. The summed E-state index contributed by atoms with van der Waals surface area (Å²) in [5, 5.41) is 0. The van der Waals surface area contributed by atoms with Gasteiger partial charge in [0.15, 0.2) is 11.6 Å². The Morgan fingerprint density at radius 2 is 1.82 bits per heavy atom. The summed E-state index contributed by atoms with van der Waals surface area (Å²) in [4.78, 5) is 2.23. The molecular weight excluding hydrogens is 219 g/mol. The fraction of sp³-hybridized carbons (Fsp3) is 0.538. The highest BCUT2D eigenvalue weighted by Crippen LogP contribution is 2.32. The maximum Gasteiger partial charge on any atom is 0.167 e. The second-order valence-electron chi connectivity index (χ2n) is 4.45. The number of halogens is 1. The Labute approximate surface area is 101 Å². The Morgan fingerprint density at radius 3 is 2.41 bits per heavy atom. The average molecular weight is 238 g/mol. The molecule has 2 N–H and O–H groups in total. The number of hydrogen-bond acceptors (Lipinski definition) is 3. The van der Waals surface area contributed by atoms with Crippen LogP contribution in [0.5, 0.6) is 5.75 Å². The second-order valence-corrected chi connectivity index (χ2v) is 4.45. The Kier molecular flexibility index (Phi) is 3.71. The Morgan fingerprint density at radius 1 is 1.18 bits per heavy atom. The molecule has 0 radical (unpaired) electrons. The number of benzene rings is 1. The lowest BCUT2D eigenvalue weighted by molar-refractivity contribution is 0.386. The van der Waals surface area contributed by atoms with Crippen molar-refractivity contribution in [3.05, 3.63) is 17.9 Å². The van der Waals surface area contributed by atoms with Gasteiger partial charge in [0.25, 0.3) is 0 Å². The molecule has 0 unspecified atom stereocenters. The number of rotatable bonds is 2. The molecule has 1 aliphatic heterocycles. The first-order chi connectivity index (χ1) is 8.22. The SMILES string of the molecule is COc1cc(N2CCCCCC2)c(N)cc1F. The minimum absolute atomic E-state index is 0.262. The molecule has 94 valence electrons. The van der Waals surface area contributed by atoms with E-state index >= 15 is 0 Å². The molecule has 1 aromatic rings. The van der Waals surface area contributed by atoms with Gasteiger partial charge in [0.1, 0.15) is 0 Å². The molecule has 0 aromatic heterocycles. The average Bonchev–Trinajstić information content (AvgIpc) is 2.58. The maximum absolute atomic E-state index is 13.5. The lowest BCUT2D eigenvalue weighted by Gasteiger charge is -2.24. The van der Waals surface area contributed by atoms with E-state index in [1.807, 2.05) is 0 Å². The fourth-order valence-electron chi connectivity index (χ4n) is 2.30. The van der Waals surface area contributed by atoms with Crippen molar-refractivity contribution < 1.29 is 9.13 Å². The smallest absolute Gasteiger partial charge is 0.167 e. The number of nitrogen functional groups attached to an aromatic ring is 1. The van der Waals surface area contributed by atoms with E-state index in [-0.39, 0.29) is 5.75 Å². The molecule has 2 rings (SSSR count). The van der Waals surface area contributed by atoms with Gasteiger partial charge in [0, 0.05) is 25.2 Å². The lowest BCUT2D eigenvalue weighted by Crippen LogP contribution is -2.25. The van der Waals surface area contributed by atoms with E-state index < -0.39 is 5.82 Å². The van der Waals surface area contributed by atoms with Crippen LogP contribution in [0.1, 0.15) is 25.7 Å². The van der Waals surface area contributed by atoms with Gasteiger partial charge in [-0.15, -0.1) is 0 Å². The standard InChI is InChI=1S/C13H19FN2O/c1-17-13-9-12(11(15)8-10(13)14)16-6-4-2-3-5-7-16/h8-9H,2-7,15H2,1H3. The predicted molar refractivity (Wildman–Crippen MR) is 68.0 cm³/mol. The van der Waals surface area contributed by atoms with E-state index in [2.05, 4.69) is 4.90 Å². The predicted octanol–water partition coefficient (Wildman–Crippen LogP) is 2.80. The van der Waals surface area contributed by atoms with Crippen LogP contribution in [0.4, 0.5) is 15.8 Å². The van der Waals surface area contributed by atoms with Crippen LogP contribution in [-0.4, -0.2) is 20.2 Å². The Bertz CT molecular complexity index is 387. The summed E-state index contributed by atoms with van der Waals surface area (Å²) in [6, 6.07) is 3.05. The first-order valence-electron chi connectivity index (χ1n) is 6.10. The van der Waals surface area contributed by atoms with Crippen molar-refractivity contribution >= 4 is 11.4 Å². The third kappa shape index (κ3) is 2.62. The molecule has 0 amide bonds. The first kappa shape index (κ1) is 12.0. The zero-order valence-corrected chi connectivity index (χ0v) is 10.2. The first-order valence-corrected chi connectivity index (χ1v) is 6.10. The topological polar surface area (TPSA) is 38.5 Å². The number of nitrogens with zero attached hydrogens (tertiary/aromatic N) is 1. The van der Waals surface area contributed by atoms with Crippen LogP contribution in [0.25, 0.3) is 0 Å². The van der Waals surface area contributed by atoms with E-state index in [9.17, 15) is 4.39 Å². The summed E-state index contributed by atoms with van der Waals surface area (Å²) in [7, 11) is 1.47. The van der Waals surface area contributed by atoms with Gasteiger partial charge < -0.3 is 15.4 Å². The van der Waals surface area contributed by atoms with Crippen molar-refractivity contribution in [1.82, 2.24) is 0 Å². The lowest BCUT2D eigenvalue weighted by atomic mass is 10.2. The maximum atomic E-state index is 13.5. The zero-order valence-electron chi connectivity index (χ0n) is 10.2. The molecule has 0 spiro atoms. The van der Waals surface area contributed by atoms with Crippen molar-refractivity contribution in [1.29, 1.82) is 0 Å². The highest BCUT2D eigenvalue weighted by Gasteiger charge is 2.15. The van der Waals surface area contributed by atoms with Gasteiger partial charge >= 0.3 is 0 Å². The summed E-state index contributed by atoms with van der Waals surface area (Å²) >= 11 is 0. The normalized spacial score (nSPS) is 16.7. The molecule has 4 heteroatoms. The number of anilines is 2. The van der Waals surface area contributed by atoms with Gasteiger partial charge in [0.05, 0.1) is 18.5 Å². The number of nitrogens with two attached hydrogens (primary N) is 1. The van der Waals surface area contributed by atoms with Crippen LogP contribution >= 0.6 is 0 Å². The van der Waals surface area contributed by atoms with Crippen molar-refractivity contribution in [2.45, 2.75) is 25.7 Å². The minimum Gasteiger partial charge on any atom is -0.494 e. The molecule has 0 atom stereocenters. The summed E-state index contributed by atoms with van der Waals surface area (Å²) in [6.07, 6.45) is 4.85. The summed E-state index contributed by atoms with van der Waals surface area (Å²) in [6.45, 7) is 1.97. The van der Waals surface area contributed by atoms with E-state index in [1.165, 1.54) is 38.9 Å². The van der Waals surface area contributed by atoms with Gasteiger partial charge in [-0.1, -0.05) is 12.8 Å². The van der Waals surface area contributed by atoms with Crippen molar-refractivity contribution in [3.8, 4) is 5.75 Å². The van der Waals surface area contributed by atoms with Crippen molar-refractivity contribution in [3.63, 3.8) is 0 Å². The van der Waals surface area contributed by atoms with Gasteiger partial charge in [0.2, 0.25) is 0 Å². The van der Waals surface area contributed by atoms with E-state index in [1.54, 1.807) is 6.07 Å². The Hall–Kier alpha value is -1.45. The van der Waals surface area contributed by atoms with Gasteiger partial charge in [-0.2, -0.15) is 0 Å². The van der Waals surface area contributed by atoms with Crippen molar-refractivity contribution in [2.75, 3.05) is 30.8 Å². The monoisotopic (exact) mass is 238 g/mol. The van der Waals surface area contributed by atoms with Crippen LogP contribution in [0.3, 0.4) is 0 Å². The molecule has 0 bridgehead atoms. The highest BCUT2D eigenvalue weighted by atomic mass is 19.1. The summed E-state index contributed by atoms with van der Waals surface area (Å²) in [5.74, 6) is -0.137. The molecule has 0 aliphatic carbocycles.